The lowest BCUT2D eigenvalue weighted by atomic mass is 9.99. The van der Waals surface area contributed by atoms with Crippen molar-refractivity contribution >= 4 is 22.6 Å². The van der Waals surface area contributed by atoms with Crippen molar-refractivity contribution < 1.29 is 19.4 Å². The topological polar surface area (TPSA) is 93.6 Å². The molecule has 7 nitrogen and oxygen atoms in total. The largest absolute Gasteiger partial charge is 0.505 e. The van der Waals surface area contributed by atoms with Crippen LogP contribution in [0.2, 0.25) is 0 Å². The lowest BCUT2D eigenvalue weighted by Gasteiger charge is -2.22. The summed E-state index contributed by atoms with van der Waals surface area (Å²) in [7, 11) is 0. The first-order valence-corrected chi connectivity index (χ1v) is 11.2. The molecule has 174 valence electrons. The number of phenols is 1. The van der Waals surface area contributed by atoms with Crippen LogP contribution >= 0.6 is 0 Å². The van der Waals surface area contributed by atoms with E-state index in [1.54, 1.807) is 24.4 Å². The lowest BCUT2D eigenvalue weighted by Crippen LogP contribution is -2.15. The number of pyridine rings is 2. The summed E-state index contributed by atoms with van der Waals surface area (Å²) in [6.07, 6.45) is 1.71. The summed E-state index contributed by atoms with van der Waals surface area (Å²) in [4.78, 5) is 21.5. The average molecular weight is 458 g/mol. The minimum atomic E-state index is -0.475. The predicted octanol–water partition coefficient (Wildman–Crippen LogP) is 5.04. The summed E-state index contributed by atoms with van der Waals surface area (Å²) in [5.41, 5.74) is 3.81. The first-order chi connectivity index (χ1) is 16.6. The molecule has 4 aromatic rings. The fourth-order valence-corrected chi connectivity index (χ4v) is 3.70. The number of phenolic OH excluding ortho intramolecular Hbond substituents is 1. The van der Waals surface area contributed by atoms with Crippen LogP contribution in [0.1, 0.15) is 40.3 Å². The van der Waals surface area contributed by atoms with Gasteiger partial charge in [0.15, 0.2) is 0 Å². The van der Waals surface area contributed by atoms with Crippen molar-refractivity contribution in [3.05, 3.63) is 95.4 Å². The number of aromatic nitrogens is 2. The zero-order valence-electron chi connectivity index (χ0n) is 19.2. The van der Waals surface area contributed by atoms with Gasteiger partial charge in [-0.3, -0.25) is 4.98 Å². The number of hydrogen-bond acceptors (Lipinski definition) is 7. The van der Waals surface area contributed by atoms with Crippen LogP contribution in [0.3, 0.4) is 0 Å². The number of aromatic hydroxyl groups is 1. The molecule has 0 saturated heterocycles. The number of anilines is 1. The van der Waals surface area contributed by atoms with E-state index in [0.717, 1.165) is 16.8 Å². The quantitative estimate of drug-likeness (QED) is 0.269. The van der Waals surface area contributed by atoms with E-state index in [2.05, 4.69) is 15.3 Å². The summed E-state index contributed by atoms with van der Waals surface area (Å²) in [5, 5.41) is 15.4. The van der Waals surface area contributed by atoms with Crippen LogP contribution in [0.5, 0.6) is 5.75 Å². The van der Waals surface area contributed by atoms with Crippen LogP contribution in [0.4, 0.5) is 5.69 Å². The number of carbonyl (C=O) groups is 1. The van der Waals surface area contributed by atoms with Crippen molar-refractivity contribution in [2.24, 2.45) is 0 Å². The molecule has 0 radical (unpaired) electrons. The highest BCUT2D eigenvalue weighted by molar-refractivity contribution is 5.90. The Balaban J connectivity index is 1.66. The maximum atomic E-state index is 12.5. The molecule has 0 aliphatic rings. The summed E-state index contributed by atoms with van der Waals surface area (Å²) in [6.45, 7) is 4.90. The summed E-state index contributed by atoms with van der Waals surface area (Å²) >= 11 is 0. The number of rotatable bonds is 9. The van der Waals surface area contributed by atoms with Gasteiger partial charge >= 0.3 is 5.97 Å². The van der Waals surface area contributed by atoms with Crippen molar-refractivity contribution in [2.45, 2.75) is 19.9 Å². The highest BCUT2D eigenvalue weighted by Crippen LogP contribution is 2.36. The number of ether oxygens (including phenoxy) is 2. The Labute approximate surface area is 198 Å². The molecule has 34 heavy (non-hydrogen) atoms. The van der Waals surface area contributed by atoms with Crippen LogP contribution in [0.25, 0.3) is 10.9 Å². The molecule has 0 fully saturated rings. The number of hydrogen-bond donors (Lipinski definition) is 2. The minimum Gasteiger partial charge on any atom is -0.505 e. The highest BCUT2D eigenvalue weighted by atomic mass is 16.6. The number of fused-ring (bicyclic) bond motifs is 1. The van der Waals surface area contributed by atoms with E-state index >= 15 is 0 Å². The van der Waals surface area contributed by atoms with Crippen molar-refractivity contribution in [3.63, 3.8) is 0 Å². The maximum absolute atomic E-state index is 12.5. The molecule has 4 rings (SSSR count). The fourth-order valence-electron chi connectivity index (χ4n) is 3.70. The average Bonchev–Trinajstić information content (AvgIpc) is 2.87. The van der Waals surface area contributed by atoms with Crippen molar-refractivity contribution in [1.29, 1.82) is 0 Å². The molecule has 0 spiro atoms. The molecule has 0 amide bonds. The van der Waals surface area contributed by atoms with Crippen molar-refractivity contribution in [3.8, 4) is 5.75 Å². The second-order valence-electron chi connectivity index (χ2n) is 7.77. The van der Waals surface area contributed by atoms with Gasteiger partial charge in [-0.1, -0.05) is 30.3 Å². The Morgan fingerprint density at radius 2 is 1.91 bits per heavy atom. The molecule has 2 N–H and O–H groups in total. The summed E-state index contributed by atoms with van der Waals surface area (Å²) in [5.74, 6) is -0.332. The molecular formula is C27H27N3O4. The van der Waals surface area contributed by atoms with Gasteiger partial charge in [-0.25, -0.2) is 9.78 Å². The monoisotopic (exact) mass is 457 g/mol. The Bertz CT molecular complexity index is 1280. The Morgan fingerprint density at radius 3 is 2.71 bits per heavy atom. The van der Waals surface area contributed by atoms with E-state index < -0.39 is 12.0 Å². The van der Waals surface area contributed by atoms with Gasteiger partial charge in [-0.15, -0.1) is 0 Å². The van der Waals surface area contributed by atoms with Gasteiger partial charge in [-0.2, -0.15) is 0 Å². The molecule has 2 aromatic carbocycles. The molecule has 0 aliphatic carbocycles. The van der Waals surface area contributed by atoms with E-state index in [4.69, 9.17) is 9.47 Å². The van der Waals surface area contributed by atoms with E-state index in [9.17, 15) is 9.90 Å². The van der Waals surface area contributed by atoms with Gasteiger partial charge in [0.05, 0.1) is 23.9 Å². The molecule has 1 atom stereocenters. The molecule has 7 heteroatoms. The van der Waals surface area contributed by atoms with E-state index in [0.29, 0.717) is 35.5 Å². The van der Waals surface area contributed by atoms with Crippen LogP contribution in [-0.4, -0.2) is 40.9 Å². The van der Waals surface area contributed by atoms with Crippen LogP contribution in [0, 0.1) is 6.92 Å². The molecule has 2 heterocycles. The Hall–Kier alpha value is -3.97. The van der Waals surface area contributed by atoms with Gasteiger partial charge in [0.25, 0.3) is 0 Å². The van der Waals surface area contributed by atoms with Crippen molar-refractivity contribution in [2.75, 3.05) is 25.1 Å². The number of nitrogens with one attached hydrogen (secondary N) is 1. The number of aryl methyl sites for hydroxylation is 1. The third-order valence-corrected chi connectivity index (χ3v) is 5.37. The first-order valence-electron chi connectivity index (χ1n) is 11.2. The van der Waals surface area contributed by atoms with Crippen molar-refractivity contribution in [1.82, 2.24) is 9.97 Å². The summed E-state index contributed by atoms with van der Waals surface area (Å²) < 4.78 is 10.5. The van der Waals surface area contributed by atoms with Gasteiger partial charge in [0.1, 0.15) is 17.9 Å². The fraction of sp³-hybridized carbons (Fsp3) is 0.222. The first kappa shape index (κ1) is 23.2. The van der Waals surface area contributed by atoms with E-state index in [-0.39, 0.29) is 12.4 Å². The standard InChI is InChI=1S/C27H27N3O4/c1-3-33-15-16-34-27(32)20-7-6-8-21(17-20)30-25(23-9-4-5-14-28-23)22-13-12-19-11-10-18(2)29-24(19)26(22)31/h4-14,17,25,30-31H,3,15-16H2,1-2H3. The number of benzene rings is 2. The molecule has 2 aromatic heterocycles. The lowest BCUT2D eigenvalue weighted by molar-refractivity contribution is 0.0335. The third kappa shape index (κ3) is 5.32. The predicted molar refractivity (Wildman–Crippen MR) is 131 cm³/mol. The number of carbonyl (C=O) groups excluding carboxylic acids is 1. The Kier molecular flexibility index (Phi) is 7.34. The maximum Gasteiger partial charge on any atom is 0.338 e. The third-order valence-electron chi connectivity index (χ3n) is 5.37. The second kappa shape index (κ2) is 10.8. The van der Waals surface area contributed by atoms with Gasteiger partial charge in [-0.05, 0) is 50.2 Å². The van der Waals surface area contributed by atoms with E-state index in [1.165, 1.54) is 0 Å². The smallest absolute Gasteiger partial charge is 0.338 e. The zero-order chi connectivity index (χ0) is 23.9. The highest BCUT2D eigenvalue weighted by Gasteiger charge is 2.21. The zero-order valence-corrected chi connectivity index (χ0v) is 19.2. The van der Waals surface area contributed by atoms with E-state index in [1.807, 2.05) is 62.4 Å². The van der Waals surface area contributed by atoms with Gasteiger partial charge in [0, 0.05) is 35.1 Å². The second-order valence-corrected chi connectivity index (χ2v) is 7.77. The number of nitrogens with zero attached hydrogens (tertiary/aromatic N) is 2. The molecule has 1 unspecified atom stereocenters. The molecule has 0 saturated carbocycles. The summed E-state index contributed by atoms with van der Waals surface area (Å²) in [6, 6.07) is 19.8. The normalized spacial score (nSPS) is 11.8. The molecule has 0 bridgehead atoms. The number of esters is 1. The SMILES string of the molecule is CCOCCOC(=O)c1cccc(NC(c2ccccn2)c2ccc3ccc(C)nc3c2O)c1. The minimum absolute atomic E-state index is 0.0934. The van der Waals surface area contributed by atoms with Crippen LogP contribution < -0.4 is 5.32 Å². The van der Waals surface area contributed by atoms with Gasteiger partial charge < -0.3 is 19.9 Å². The molecular weight excluding hydrogens is 430 g/mol. The Morgan fingerprint density at radius 1 is 1.06 bits per heavy atom. The van der Waals surface area contributed by atoms with Crippen LogP contribution in [0.15, 0.2) is 72.9 Å². The molecule has 0 aliphatic heterocycles. The van der Waals surface area contributed by atoms with Crippen LogP contribution in [-0.2, 0) is 9.47 Å². The van der Waals surface area contributed by atoms with Gasteiger partial charge in [0.2, 0.25) is 0 Å².